The molecule has 3 aromatic carbocycles. The van der Waals surface area contributed by atoms with E-state index in [0.29, 0.717) is 0 Å². The van der Waals surface area contributed by atoms with Crippen molar-refractivity contribution in [2.24, 2.45) is 0 Å². The molecule has 0 heterocycles. The highest BCUT2D eigenvalue weighted by Crippen LogP contribution is 2.10. The smallest absolute Gasteiger partial charge is 0.00992 e. The minimum atomic E-state index is 1.19. The van der Waals surface area contributed by atoms with Gasteiger partial charge in [-0.2, -0.15) is 0 Å². The summed E-state index contributed by atoms with van der Waals surface area (Å²) in [6.45, 7) is 2.06. The third kappa shape index (κ3) is 3.46. The van der Waals surface area contributed by atoms with Crippen molar-refractivity contribution in [3.05, 3.63) is 84.4 Å². The van der Waals surface area contributed by atoms with E-state index in [1.807, 2.05) is 48.5 Å². The van der Waals surface area contributed by atoms with Gasteiger partial charge in [-0.1, -0.05) is 72.3 Å². The van der Waals surface area contributed by atoms with Gasteiger partial charge < -0.3 is 0 Å². The van der Waals surface area contributed by atoms with Gasteiger partial charge in [-0.15, -0.1) is 0 Å². The van der Waals surface area contributed by atoms with Crippen LogP contribution < -0.4 is 0 Å². The zero-order chi connectivity index (χ0) is 11.9. The molecule has 0 aliphatic heterocycles. The summed E-state index contributed by atoms with van der Waals surface area (Å²) in [5.74, 6) is 0. The molecule has 3 aromatic rings. The normalized spacial score (nSPS) is 9.47. The molecule has 0 amide bonds. The number of hydrogen-bond donors (Lipinski definition) is 0. The van der Waals surface area contributed by atoms with Gasteiger partial charge in [-0.25, -0.2) is 0 Å². The maximum Gasteiger partial charge on any atom is -0.00992 e. The standard InChI is InChI=1S/C10H7.C7H7/c1-2-6-10-8-4-3-7-9(10)5-1;1-7-5-3-2-4-6-7/h1-7H;3-6H,1H3. The summed E-state index contributed by atoms with van der Waals surface area (Å²) >= 11 is 0. The number of aryl methyl sites for hydroxylation is 1. The predicted molar refractivity (Wildman–Crippen MR) is 72.8 cm³/mol. The molecular formula is C17H14. The van der Waals surface area contributed by atoms with E-state index in [9.17, 15) is 0 Å². The lowest BCUT2D eigenvalue weighted by atomic mass is 10.1. The summed E-state index contributed by atoms with van der Waals surface area (Å²) in [6.07, 6.45) is 0. The summed E-state index contributed by atoms with van der Waals surface area (Å²) in [5, 5.41) is 2.44. The van der Waals surface area contributed by atoms with Gasteiger partial charge in [0, 0.05) is 0 Å². The van der Waals surface area contributed by atoms with Crippen LogP contribution in [0.2, 0.25) is 0 Å². The van der Waals surface area contributed by atoms with Crippen molar-refractivity contribution in [2.75, 3.05) is 0 Å². The van der Waals surface area contributed by atoms with E-state index in [2.05, 4.69) is 37.3 Å². The maximum atomic E-state index is 3.15. The molecule has 0 bridgehead atoms. The van der Waals surface area contributed by atoms with Crippen LogP contribution in [0.3, 0.4) is 0 Å². The van der Waals surface area contributed by atoms with Gasteiger partial charge in [0.15, 0.2) is 0 Å². The molecule has 0 saturated carbocycles. The van der Waals surface area contributed by atoms with Crippen LogP contribution in [0.5, 0.6) is 0 Å². The predicted octanol–water partition coefficient (Wildman–Crippen LogP) is 4.44. The molecule has 0 unspecified atom stereocenters. The molecule has 0 aliphatic carbocycles. The van der Waals surface area contributed by atoms with Gasteiger partial charge >= 0.3 is 0 Å². The number of hydrogen-bond acceptors (Lipinski definition) is 0. The second-order valence-corrected chi connectivity index (χ2v) is 3.83. The molecule has 0 atom stereocenters. The topological polar surface area (TPSA) is 0 Å². The summed E-state index contributed by atoms with van der Waals surface area (Å²) in [6, 6.07) is 28.2. The van der Waals surface area contributed by atoms with Crippen molar-refractivity contribution >= 4 is 10.8 Å². The average molecular weight is 218 g/mol. The molecule has 3 rings (SSSR count). The summed E-state index contributed by atoms with van der Waals surface area (Å²) < 4.78 is 0. The lowest BCUT2D eigenvalue weighted by Crippen LogP contribution is -1.67. The van der Waals surface area contributed by atoms with Crippen LogP contribution in [0.1, 0.15) is 5.56 Å². The van der Waals surface area contributed by atoms with Crippen LogP contribution in [-0.2, 0) is 0 Å². The third-order valence-electron chi connectivity index (χ3n) is 2.46. The first-order chi connectivity index (χ1) is 8.36. The van der Waals surface area contributed by atoms with Crippen LogP contribution in [0.15, 0.2) is 66.7 Å². The fourth-order valence-electron chi connectivity index (χ4n) is 1.53. The first-order valence-electron chi connectivity index (χ1n) is 5.64. The summed E-state index contributed by atoms with van der Waals surface area (Å²) in [5.41, 5.74) is 1.29. The van der Waals surface area contributed by atoms with Crippen LogP contribution in [0.4, 0.5) is 0 Å². The van der Waals surface area contributed by atoms with Gasteiger partial charge in [0.2, 0.25) is 0 Å². The Bertz CT molecular complexity index is 502. The second-order valence-electron chi connectivity index (χ2n) is 3.83. The number of benzene rings is 3. The lowest BCUT2D eigenvalue weighted by Gasteiger charge is -1.91. The largest absolute Gasteiger partial charge is 0.0616 e. The Morgan fingerprint density at radius 1 is 0.765 bits per heavy atom. The van der Waals surface area contributed by atoms with Crippen LogP contribution in [0.25, 0.3) is 10.8 Å². The van der Waals surface area contributed by atoms with Crippen molar-refractivity contribution in [2.45, 2.75) is 6.92 Å². The molecule has 2 radical (unpaired) electrons. The Morgan fingerprint density at radius 2 is 1.47 bits per heavy atom. The molecule has 0 aromatic heterocycles. The summed E-state index contributed by atoms with van der Waals surface area (Å²) in [4.78, 5) is 0. The molecule has 0 fully saturated rings. The van der Waals surface area contributed by atoms with Gasteiger partial charge in [-0.3, -0.25) is 0 Å². The SMILES string of the molecule is Cc1cc[c]cc1.[c]1cccc2ccccc12. The zero-order valence-corrected chi connectivity index (χ0v) is 9.85. The fourth-order valence-corrected chi connectivity index (χ4v) is 1.53. The quantitative estimate of drug-likeness (QED) is 0.523. The fraction of sp³-hybridized carbons (Fsp3) is 0.0588. The molecule has 0 N–H and O–H groups in total. The first kappa shape index (κ1) is 11.4. The van der Waals surface area contributed by atoms with Crippen molar-refractivity contribution in [3.8, 4) is 0 Å². The average Bonchev–Trinajstić information content (AvgIpc) is 2.41. The third-order valence-corrected chi connectivity index (χ3v) is 2.46. The molecule has 0 nitrogen and oxygen atoms in total. The molecule has 0 heteroatoms. The molecular weight excluding hydrogens is 204 g/mol. The van der Waals surface area contributed by atoms with E-state index < -0.39 is 0 Å². The zero-order valence-electron chi connectivity index (χ0n) is 9.85. The molecule has 17 heavy (non-hydrogen) atoms. The highest BCUT2D eigenvalue weighted by atomic mass is 13.9. The monoisotopic (exact) mass is 218 g/mol. The van der Waals surface area contributed by atoms with Crippen LogP contribution >= 0.6 is 0 Å². The number of fused-ring (bicyclic) bond motifs is 1. The van der Waals surface area contributed by atoms with E-state index in [4.69, 9.17) is 0 Å². The first-order valence-corrected chi connectivity index (χ1v) is 5.64. The highest BCUT2D eigenvalue weighted by molar-refractivity contribution is 5.81. The molecule has 0 spiro atoms. The van der Waals surface area contributed by atoms with Crippen molar-refractivity contribution < 1.29 is 0 Å². The van der Waals surface area contributed by atoms with Gasteiger partial charge in [0.25, 0.3) is 0 Å². The Balaban J connectivity index is 0.000000136. The van der Waals surface area contributed by atoms with Crippen LogP contribution in [-0.4, -0.2) is 0 Å². The number of rotatable bonds is 0. The van der Waals surface area contributed by atoms with E-state index in [0.717, 1.165) is 0 Å². The second kappa shape index (κ2) is 5.86. The van der Waals surface area contributed by atoms with E-state index in [1.54, 1.807) is 0 Å². The van der Waals surface area contributed by atoms with Crippen LogP contribution in [0, 0.1) is 19.1 Å². The maximum absolute atomic E-state index is 3.15. The van der Waals surface area contributed by atoms with Crippen molar-refractivity contribution in [1.29, 1.82) is 0 Å². The van der Waals surface area contributed by atoms with Crippen molar-refractivity contribution in [1.82, 2.24) is 0 Å². The minimum Gasteiger partial charge on any atom is -0.0616 e. The molecule has 82 valence electrons. The Kier molecular flexibility index (Phi) is 3.93. The van der Waals surface area contributed by atoms with Gasteiger partial charge in [-0.05, 0) is 29.8 Å². The summed E-state index contributed by atoms with van der Waals surface area (Å²) in [7, 11) is 0. The van der Waals surface area contributed by atoms with E-state index >= 15 is 0 Å². The van der Waals surface area contributed by atoms with Gasteiger partial charge in [0.1, 0.15) is 0 Å². The molecule has 0 saturated heterocycles. The van der Waals surface area contributed by atoms with Crippen molar-refractivity contribution in [3.63, 3.8) is 0 Å². The molecule has 0 aliphatic rings. The Morgan fingerprint density at radius 3 is 2.12 bits per heavy atom. The van der Waals surface area contributed by atoms with E-state index in [-0.39, 0.29) is 0 Å². The van der Waals surface area contributed by atoms with E-state index in [1.165, 1.54) is 16.3 Å². The Labute approximate surface area is 103 Å². The Hall–Kier alpha value is -2.08. The van der Waals surface area contributed by atoms with Gasteiger partial charge in [0.05, 0.1) is 0 Å². The lowest BCUT2D eigenvalue weighted by molar-refractivity contribution is 1.47. The minimum absolute atomic E-state index is 1.19. The highest BCUT2D eigenvalue weighted by Gasteiger charge is 1.85.